The smallest absolute Gasteiger partial charge is 0.333 e. The third kappa shape index (κ3) is 23.2. The van der Waals surface area contributed by atoms with Crippen molar-refractivity contribution in [2.45, 2.75) is 53.9 Å². The van der Waals surface area contributed by atoms with Crippen molar-refractivity contribution in [1.29, 1.82) is 0 Å². The van der Waals surface area contributed by atoms with Gasteiger partial charge in [0.2, 0.25) is 0 Å². The van der Waals surface area contributed by atoms with E-state index in [4.69, 9.17) is 4.74 Å². The van der Waals surface area contributed by atoms with Gasteiger partial charge in [-0.15, -0.1) is 0 Å². The van der Waals surface area contributed by atoms with Crippen molar-refractivity contribution < 1.29 is 23.9 Å². The van der Waals surface area contributed by atoms with Crippen LogP contribution in [0.4, 0.5) is 0 Å². The van der Waals surface area contributed by atoms with Gasteiger partial charge < -0.3 is 14.3 Å². The van der Waals surface area contributed by atoms with Gasteiger partial charge in [-0.1, -0.05) is 33.4 Å². The van der Waals surface area contributed by atoms with Crippen LogP contribution in [0.15, 0.2) is 24.3 Å². The minimum Gasteiger partial charge on any atom is -0.466 e. The van der Waals surface area contributed by atoms with Crippen LogP contribution < -0.4 is 0 Å². The van der Waals surface area contributed by atoms with Gasteiger partial charge in [-0.25, -0.2) is 9.59 Å². The molecule has 0 saturated heterocycles. The molecule has 0 spiro atoms. The topological polar surface area (TPSA) is 69.7 Å². The highest BCUT2D eigenvalue weighted by Crippen LogP contribution is 1.94. The number of esters is 2. The minimum absolute atomic E-state index is 0.255. The maximum absolute atomic E-state index is 10.7. The van der Waals surface area contributed by atoms with E-state index in [1.54, 1.807) is 20.8 Å². The standard InChI is InChI=1S/C8H14O2.C5H8O2.C4H8O/c1-4-5-6-10-8(9)7(2)3;1-4(2)5(6)7-3;1-3-4(2)5/h2,4-6H2,1,3H3;1H2,2-3H3;3H2,1-2H3. The number of ketones is 1. The SMILES string of the molecule is C=C(C)C(=O)OC.C=C(C)C(=O)OCCCC.CCC(C)=O. The molecule has 0 bridgehead atoms. The summed E-state index contributed by atoms with van der Waals surface area (Å²) in [7, 11) is 1.33. The van der Waals surface area contributed by atoms with Gasteiger partial charge in [0.25, 0.3) is 0 Å². The third-order valence-corrected chi connectivity index (χ3v) is 2.11. The maximum atomic E-state index is 10.7. The first-order valence-electron chi connectivity index (χ1n) is 7.19. The summed E-state index contributed by atoms with van der Waals surface area (Å²) in [4.78, 5) is 30.7. The predicted molar refractivity (Wildman–Crippen MR) is 88.5 cm³/mol. The third-order valence-electron chi connectivity index (χ3n) is 2.11. The molecule has 0 aromatic heterocycles. The van der Waals surface area contributed by atoms with Gasteiger partial charge in [-0.05, 0) is 27.2 Å². The molecule has 128 valence electrons. The van der Waals surface area contributed by atoms with Gasteiger partial charge in [0, 0.05) is 17.6 Å². The number of methoxy groups -OCH3 is 1. The lowest BCUT2D eigenvalue weighted by atomic mass is 10.3. The van der Waals surface area contributed by atoms with Crippen molar-refractivity contribution in [2.24, 2.45) is 0 Å². The van der Waals surface area contributed by atoms with Crippen molar-refractivity contribution >= 4 is 17.7 Å². The summed E-state index contributed by atoms with van der Waals surface area (Å²) in [6, 6.07) is 0. The Kier molecular flexibility index (Phi) is 19.5. The zero-order chi connectivity index (χ0) is 18.1. The Morgan fingerprint density at radius 2 is 1.32 bits per heavy atom. The van der Waals surface area contributed by atoms with E-state index < -0.39 is 0 Å². The zero-order valence-corrected chi connectivity index (χ0v) is 14.8. The molecule has 0 radical (unpaired) electrons. The fourth-order valence-corrected chi connectivity index (χ4v) is 0.607. The molecule has 0 atom stereocenters. The number of hydrogen-bond acceptors (Lipinski definition) is 5. The Hall–Kier alpha value is -1.91. The van der Waals surface area contributed by atoms with Crippen molar-refractivity contribution in [2.75, 3.05) is 13.7 Å². The number of Topliss-reactive ketones (excluding diaryl/α,β-unsaturated/α-hetero) is 1. The van der Waals surface area contributed by atoms with E-state index >= 15 is 0 Å². The van der Waals surface area contributed by atoms with Crippen molar-refractivity contribution in [3.63, 3.8) is 0 Å². The van der Waals surface area contributed by atoms with Crippen LogP contribution in [0.1, 0.15) is 53.9 Å². The van der Waals surface area contributed by atoms with E-state index in [9.17, 15) is 14.4 Å². The molecule has 0 unspecified atom stereocenters. The minimum atomic E-state index is -0.347. The molecule has 0 fully saturated rings. The Bertz CT molecular complexity index is 369. The fraction of sp³-hybridized carbons (Fsp3) is 0.588. The number of carbonyl (C=O) groups is 3. The average Bonchev–Trinajstić information content (AvgIpc) is 2.47. The Morgan fingerprint density at radius 1 is 0.909 bits per heavy atom. The molecule has 0 saturated carbocycles. The lowest BCUT2D eigenvalue weighted by molar-refractivity contribution is -0.139. The van der Waals surface area contributed by atoms with Crippen LogP contribution in [0.2, 0.25) is 0 Å². The molecule has 0 aromatic rings. The first-order chi connectivity index (χ1) is 10.1. The molecule has 22 heavy (non-hydrogen) atoms. The normalized spacial score (nSPS) is 8.27. The second-order valence-electron chi connectivity index (χ2n) is 4.60. The molecule has 5 heteroatoms. The summed E-state index contributed by atoms with van der Waals surface area (Å²) in [5.41, 5.74) is 0.901. The monoisotopic (exact) mass is 314 g/mol. The van der Waals surface area contributed by atoms with E-state index in [2.05, 4.69) is 24.8 Å². The maximum Gasteiger partial charge on any atom is 0.333 e. The van der Waals surface area contributed by atoms with Gasteiger partial charge in [0.05, 0.1) is 13.7 Å². The van der Waals surface area contributed by atoms with Crippen LogP contribution in [0.3, 0.4) is 0 Å². The molecular formula is C17H30O5. The van der Waals surface area contributed by atoms with Gasteiger partial charge in [-0.3, -0.25) is 0 Å². The molecular weight excluding hydrogens is 284 g/mol. The van der Waals surface area contributed by atoms with Gasteiger partial charge >= 0.3 is 11.9 Å². The predicted octanol–water partition coefficient (Wildman–Crippen LogP) is 3.63. The van der Waals surface area contributed by atoms with Gasteiger partial charge in [0.15, 0.2) is 0 Å². The Labute approximate surface area is 134 Å². The van der Waals surface area contributed by atoms with Crippen molar-refractivity contribution in [3.8, 4) is 0 Å². The second kappa shape index (κ2) is 17.1. The number of hydrogen-bond donors (Lipinski definition) is 0. The van der Waals surface area contributed by atoms with Crippen LogP contribution in [0.5, 0.6) is 0 Å². The van der Waals surface area contributed by atoms with E-state index in [-0.39, 0.29) is 17.7 Å². The highest BCUT2D eigenvalue weighted by Gasteiger charge is 2.00. The highest BCUT2D eigenvalue weighted by atomic mass is 16.5. The summed E-state index contributed by atoms with van der Waals surface area (Å²) in [6.45, 7) is 16.1. The average molecular weight is 314 g/mol. The first kappa shape index (κ1) is 25.1. The van der Waals surface area contributed by atoms with Crippen LogP contribution in [0.25, 0.3) is 0 Å². The summed E-state index contributed by atoms with van der Waals surface area (Å²) < 4.78 is 9.08. The molecule has 0 aromatic carbocycles. The molecule has 0 amide bonds. The number of ether oxygens (including phenoxy) is 2. The van der Waals surface area contributed by atoms with Crippen LogP contribution >= 0.6 is 0 Å². The Morgan fingerprint density at radius 3 is 1.50 bits per heavy atom. The van der Waals surface area contributed by atoms with E-state index in [1.807, 2.05) is 6.92 Å². The summed E-state index contributed by atoms with van der Waals surface area (Å²) >= 11 is 0. The first-order valence-corrected chi connectivity index (χ1v) is 7.19. The highest BCUT2D eigenvalue weighted by molar-refractivity contribution is 5.87. The van der Waals surface area contributed by atoms with Crippen molar-refractivity contribution in [1.82, 2.24) is 0 Å². The summed E-state index contributed by atoms with van der Waals surface area (Å²) in [5, 5.41) is 0. The van der Waals surface area contributed by atoms with Crippen LogP contribution in [0, 0.1) is 0 Å². The molecule has 5 nitrogen and oxygen atoms in total. The van der Waals surface area contributed by atoms with Crippen LogP contribution in [-0.4, -0.2) is 31.4 Å². The van der Waals surface area contributed by atoms with E-state index in [1.165, 1.54) is 7.11 Å². The lowest BCUT2D eigenvalue weighted by Gasteiger charge is -2.01. The van der Waals surface area contributed by atoms with Gasteiger partial charge in [-0.2, -0.15) is 0 Å². The van der Waals surface area contributed by atoms with Gasteiger partial charge in [0.1, 0.15) is 5.78 Å². The fourth-order valence-electron chi connectivity index (χ4n) is 0.607. The Balaban J connectivity index is -0.000000263. The second-order valence-corrected chi connectivity index (χ2v) is 4.60. The number of unbranched alkanes of at least 4 members (excludes halogenated alkanes) is 1. The quantitative estimate of drug-likeness (QED) is 0.425. The molecule has 0 N–H and O–H groups in total. The van der Waals surface area contributed by atoms with E-state index in [0.717, 1.165) is 12.8 Å². The molecule has 0 aliphatic heterocycles. The molecule has 0 heterocycles. The summed E-state index contributed by atoms with van der Waals surface area (Å²) in [6.07, 6.45) is 2.64. The molecule has 0 aliphatic rings. The van der Waals surface area contributed by atoms with Crippen LogP contribution in [-0.2, 0) is 23.9 Å². The number of carbonyl (C=O) groups excluding carboxylic acids is 3. The largest absolute Gasteiger partial charge is 0.466 e. The molecule has 0 rings (SSSR count). The zero-order valence-electron chi connectivity index (χ0n) is 14.8. The van der Waals surface area contributed by atoms with E-state index in [0.29, 0.717) is 24.2 Å². The molecule has 0 aliphatic carbocycles. The number of rotatable bonds is 6. The summed E-state index contributed by atoms with van der Waals surface area (Å²) in [5.74, 6) is -0.376. The van der Waals surface area contributed by atoms with Crippen molar-refractivity contribution in [3.05, 3.63) is 24.3 Å². The lowest BCUT2D eigenvalue weighted by Crippen LogP contribution is -2.05.